The summed E-state index contributed by atoms with van der Waals surface area (Å²) >= 11 is 0. The molecule has 0 atom stereocenters. The number of nitrogens with zero attached hydrogens (tertiary/aromatic N) is 2. The van der Waals surface area contributed by atoms with Crippen molar-refractivity contribution in [3.63, 3.8) is 0 Å². The van der Waals surface area contributed by atoms with Gasteiger partial charge in [0, 0.05) is 11.8 Å². The minimum atomic E-state index is 0.189. The van der Waals surface area contributed by atoms with Gasteiger partial charge in [-0.1, -0.05) is 11.2 Å². The highest BCUT2D eigenvalue weighted by Crippen LogP contribution is 2.18. The molecule has 2 heterocycles. The second-order valence-electron chi connectivity index (χ2n) is 3.88. The summed E-state index contributed by atoms with van der Waals surface area (Å²) in [7, 11) is 0. The van der Waals surface area contributed by atoms with Crippen molar-refractivity contribution in [2.45, 2.75) is 6.61 Å². The number of anilines is 1. The van der Waals surface area contributed by atoms with Crippen LogP contribution in [0.4, 0.5) is 5.69 Å². The van der Waals surface area contributed by atoms with Crippen LogP contribution in [0, 0.1) is 0 Å². The molecule has 6 heteroatoms. The average Bonchev–Trinajstić information content (AvgIpc) is 3.07. The summed E-state index contributed by atoms with van der Waals surface area (Å²) in [4.78, 5) is 4.20. The van der Waals surface area contributed by atoms with Gasteiger partial charge in [0.2, 0.25) is 5.82 Å². The van der Waals surface area contributed by atoms with Crippen LogP contribution in [0.25, 0.3) is 11.4 Å². The fourth-order valence-electron chi connectivity index (χ4n) is 1.57. The van der Waals surface area contributed by atoms with Gasteiger partial charge in [0.15, 0.2) is 6.61 Å². The molecular formula is C13H11N3O3. The summed E-state index contributed by atoms with van der Waals surface area (Å²) in [6.45, 7) is 0.189. The van der Waals surface area contributed by atoms with Gasteiger partial charge >= 0.3 is 0 Å². The first kappa shape index (κ1) is 11.3. The van der Waals surface area contributed by atoms with Gasteiger partial charge in [0.05, 0.1) is 11.8 Å². The van der Waals surface area contributed by atoms with Crippen LogP contribution < -0.4 is 10.5 Å². The van der Waals surface area contributed by atoms with Crippen molar-refractivity contribution in [2.24, 2.45) is 0 Å². The van der Waals surface area contributed by atoms with Gasteiger partial charge in [-0.3, -0.25) is 0 Å². The van der Waals surface area contributed by atoms with E-state index in [9.17, 15) is 0 Å². The minimum Gasteiger partial charge on any atom is -0.484 e. The van der Waals surface area contributed by atoms with E-state index in [1.807, 2.05) is 12.1 Å². The molecular weight excluding hydrogens is 246 g/mol. The Balaban J connectivity index is 1.68. The number of nitrogens with two attached hydrogens (primary N) is 1. The number of hydrogen-bond donors (Lipinski definition) is 1. The van der Waals surface area contributed by atoms with Gasteiger partial charge in [-0.15, -0.1) is 0 Å². The maximum Gasteiger partial charge on any atom is 0.264 e. The Morgan fingerprint density at radius 1 is 1.26 bits per heavy atom. The Hall–Kier alpha value is -2.76. The van der Waals surface area contributed by atoms with E-state index in [1.165, 1.54) is 0 Å². The third kappa shape index (κ3) is 2.57. The third-order valence-electron chi connectivity index (χ3n) is 2.47. The summed E-state index contributed by atoms with van der Waals surface area (Å²) in [5.74, 6) is 1.52. The van der Waals surface area contributed by atoms with Crippen LogP contribution in [-0.2, 0) is 6.61 Å². The lowest BCUT2D eigenvalue weighted by atomic mass is 10.3. The molecule has 2 N–H and O–H groups in total. The largest absolute Gasteiger partial charge is 0.484 e. The Morgan fingerprint density at radius 2 is 2.21 bits per heavy atom. The number of nitrogen functional groups attached to an aromatic ring is 1. The molecule has 0 bridgehead atoms. The van der Waals surface area contributed by atoms with Crippen molar-refractivity contribution in [3.05, 3.63) is 48.7 Å². The van der Waals surface area contributed by atoms with Crippen LogP contribution in [0.5, 0.6) is 5.75 Å². The van der Waals surface area contributed by atoms with Crippen molar-refractivity contribution in [2.75, 3.05) is 5.73 Å². The Kier molecular flexibility index (Phi) is 2.89. The molecule has 0 fully saturated rings. The SMILES string of the molecule is Nc1cccc(OCc2nc(-c3ccoc3)no2)c1. The molecule has 0 amide bonds. The van der Waals surface area contributed by atoms with E-state index >= 15 is 0 Å². The van der Waals surface area contributed by atoms with E-state index in [1.54, 1.807) is 30.7 Å². The van der Waals surface area contributed by atoms with Crippen LogP contribution in [0.3, 0.4) is 0 Å². The molecule has 96 valence electrons. The maximum absolute atomic E-state index is 5.65. The molecule has 3 rings (SSSR count). The first-order valence-electron chi connectivity index (χ1n) is 5.65. The first-order chi connectivity index (χ1) is 9.31. The molecule has 0 aliphatic carbocycles. The number of rotatable bonds is 4. The first-order valence-corrected chi connectivity index (χ1v) is 5.65. The molecule has 1 aromatic carbocycles. The fourth-order valence-corrected chi connectivity index (χ4v) is 1.57. The summed E-state index contributed by atoms with van der Waals surface area (Å²) in [5, 5.41) is 3.84. The van der Waals surface area contributed by atoms with E-state index in [2.05, 4.69) is 10.1 Å². The standard InChI is InChI=1S/C13H11N3O3/c14-10-2-1-3-11(6-10)18-8-12-15-13(16-19-12)9-4-5-17-7-9/h1-7H,8,14H2. The number of ether oxygens (including phenoxy) is 1. The molecule has 19 heavy (non-hydrogen) atoms. The second-order valence-corrected chi connectivity index (χ2v) is 3.88. The minimum absolute atomic E-state index is 0.189. The van der Waals surface area contributed by atoms with E-state index < -0.39 is 0 Å². The van der Waals surface area contributed by atoms with Crippen LogP contribution in [0.15, 0.2) is 51.8 Å². The normalized spacial score (nSPS) is 10.5. The maximum atomic E-state index is 5.65. The van der Waals surface area contributed by atoms with Crippen molar-refractivity contribution in [1.82, 2.24) is 10.1 Å². The molecule has 0 aliphatic heterocycles. The van der Waals surface area contributed by atoms with E-state index in [-0.39, 0.29) is 6.61 Å². The molecule has 0 aliphatic rings. The molecule has 2 aromatic heterocycles. The van der Waals surface area contributed by atoms with E-state index in [0.29, 0.717) is 23.2 Å². The lowest BCUT2D eigenvalue weighted by Gasteiger charge is -2.02. The molecule has 0 saturated heterocycles. The molecule has 3 aromatic rings. The highest BCUT2D eigenvalue weighted by Gasteiger charge is 2.10. The Bertz CT molecular complexity index is 661. The molecule has 0 saturated carbocycles. The van der Waals surface area contributed by atoms with Crippen molar-refractivity contribution < 1.29 is 13.7 Å². The van der Waals surface area contributed by atoms with Crippen LogP contribution in [0.2, 0.25) is 0 Å². The number of hydrogen-bond acceptors (Lipinski definition) is 6. The lowest BCUT2D eigenvalue weighted by molar-refractivity contribution is 0.243. The highest BCUT2D eigenvalue weighted by atomic mass is 16.5. The summed E-state index contributed by atoms with van der Waals surface area (Å²) in [6, 6.07) is 8.90. The summed E-state index contributed by atoms with van der Waals surface area (Å²) < 4.78 is 15.5. The summed E-state index contributed by atoms with van der Waals surface area (Å²) in [6.07, 6.45) is 3.10. The predicted octanol–water partition coefficient (Wildman–Crippen LogP) is 2.49. The van der Waals surface area contributed by atoms with Crippen LogP contribution in [-0.4, -0.2) is 10.1 Å². The van der Waals surface area contributed by atoms with Gasteiger partial charge in [0.25, 0.3) is 5.89 Å². The third-order valence-corrected chi connectivity index (χ3v) is 2.47. The second kappa shape index (κ2) is 4.85. The van der Waals surface area contributed by atoms with Crippen molar-refractivity contribution in [1.29, 1.82) is 0 Å². The van der Waals surface area contributed by atoms with Gasteiger partial charge in [-0.2, -0.15) is 4.98 Å². The van der Waals surface area contributed by atoms with Crippen molar-refractivity contribution in [3.8, 4) is 17.1 Å². The fraction of sp³-hybridized carbons (Fsp3) is 0.0769. The smallest absolute Gasteiger partial charge is 0.264 e. The average molecular weight is 257 g/mol. The van der Waals surface area contributed by atoms with Gasteiger partial charge < -0.3 is 19.4 Å². The van der Waals surface area contributed by atoms with Gasteiger partial charge in [-0.05, 0) is 18.2 Å². The molecule has 0 unspecified atom stereocenters. The van der Waals surface area contributed by atoms with E-state index in [0.717, 1.165) is 5.56 Å². The molecule has 0 spiro atoms. The Labute approximate surface area is 108 Å². The zero-order valence-corrected chi connectivity index (χ0v) is 9.95. The van der Waals surface area contributed by atoms with E-state index in [4.69, 9.17) is 19.4 Å². The predicted molar refractivity (Wildman–Crippen MR) is 67.2 cm³/mol. The topological polar surface area (TPSA) is 87.3 Å². The highest BCUT2D eigenvalue weighted by molar-refractivity contribution is 5.51. The summed E-state index contributed by atoms with van der Waals surface area (Å²) in [5.41, 5.74) is 7.06. The number of aromatic nitrogens is 2. The number of benzene rings is 1. The Morgan fingerprint density at radius 3 is 3.00 bits per heavy atom. The monoisotopic (exact) mass is 257 g/mol. The molecule has 6 nitrogen and oxygen atoms in total. The van der Waals surface area contributed by atoms with Crippen LogP contribution >= 0.6 is 0 Å². The van der Waals surface area contributed by atoms with Gasteiger partial charge in [0.1, 0.15) is 12.0 Å². The zero-order chi connectivity index (χ0) is 13.1. The number of furan rings is 1. The lowest BCUT2D eigenvalue weighted by Crippen LogP contribution is -1.96. The van der Waals surface area contributed by atoms with Crippen LogP contribution in [0.1, 0.15) is 5.89 Å². The quantitative estimate of drug-likeness (QED) is 0.722. The molecule has 0 radical (unpaired) electrons. The zero-order valence-electron chi connectivity index (χ0n) is 9.95. The van der Waals surface area contributed by atoms with Gasteiger partial charge in [-0.25, -0.2) is 0 Å². The van der Waals surface area contributed by atoms with Crippen molar-refractivity contribution >= 4 is 5.69 Å².